The van der Waals surface area contributed by atoms with E-state index >= 15 is 0 Å². The minimum absolute atomic E-state index is 0.0218. The van der Waals surface area contributed by atoms with Crippen molar-refractivity contribution in [3.8, 4) is 5.75 Å². The van der Waals surface area contributed by atoms with E-state index in [0.29, 0.717) is 0 Å². The normalized spacial score (nSPS) is 19.5. The van der Waals surface area contributed by atoms with Crippen molar-refractivity contribution in [2.75, 3.05) is 18.5 Å². The van der Waals surface area contributed by atoms with Gasteiger partial charge in [0.1, 0.15) is 5.75 Å². The van der Waals surface area contributed by atoms with E-state index in [9.17, 15) is 4.79 Å². The number of benzene rings is 1. The van der Waals surface area contributed by atoms with Crippen molar-refractivity contribution in [1.82, 2.24) is 14.5 Å². The van der Waals surface area contributed by atoms with E-state index in [4.69, 9.17) is 4.74 Å². The number of aromatic nitrogens is 2. The van der Waals surface area contributed by atoms with Gasteiger partial charge >= 0.3 is 6.03 Å². The molecule has 1 saturated heterocycles. The lowest BCUT2D eigenvalue weighted by Crippen LogP contribution is -2.40. The highest BCUT2D eigenvalue weighted by atomic mass is 16.5. The van der Waals surface area contributed by atoms with E-state index in [2.05, 4.69) is 10.3 Å². The Balaban J connectivity index is 1.43. The highest BCUT2D eigenvalue weighted by Crippen LogP contribution is 2.28. The van der Waals surface area contributed by atoms with Crippen LogP contribution in [0.2, 0.25) is 0 Å². The number of nitrogens with zero attached hydrogens (tertiary/aromatic N) is 3. The Morgan fingerprint density at radius 1 is 1.43 bits per heavy atom. The molecule has 4 rings (SSSR count). The number of nitrogens with one attached hydrogen (secondary N) is 1. The molecule has 0 saturated carbocycles. The van der Waals surface area contributed by atoms with Crippen LogP contribution in [0.3, 0.4) is 0 Å². The third-order valence-electron chi connectivity index (χ3n) is 4.56. The first-order valence-electron chi connectivity index (χ1n) is 8.09. The molecule has 120 valence electrons. The molecule has 0 radical (unpaired) electrons. The van der Waals surface area contributed by atoms with Gasteiger partial charge in [0, 0.05) is 37.6 Å². The predicted octanol–water partition coefficient (Wildman–Crippen LogP) is 2.51. The molecule has 2 aromatic rings. The van der Waals surface area contributed by atoms with E-state index < -0.39 is 0 Å². The maximum absolute atomic E-state index is 12.6. The molecule has 1 fully saturated rings. The van der Waals surface area contributed by atoms with Crippen LogP contribution in [-0.4, -0.2) is 39.7 Å². The van der Waals surface area contributed by atoms with Gasteiger partial charge in [-0.1, -0.05) is 0 Å². The summed E-state index contributed by atoms with van der Waals surface area (Å²) in [5, 5.41) is 3.03. The molecule has 6 heteroatoms. The Bertz CT molecular complexity index is 699. The van der Waals surface area contributed by atoms with Gasteiger partial charge in [-0.3, -0.25) is 0 Å². The Kier molecular flexibility index (Phi) is 3.65. The number of anilines is 1. The molecule has 1 atom stereocenters. The van der Waals surface area contributed by atoms with Crippen LogP contribution in [0.5, 0.6) is 5.75 Å². The maximum Gasteiger partial charge on any atom is 0.322 e. The second kappa shape index (κ2) is 5.95. The fourth-order valence-electron chi connectivity index (χ4n) is 3.39. The molecular formula is C17H20N4O2. The Labute approximate surface area is 135 Å². The van der Waals surface area contributed by atoms with Gasteiger partial charge in [-0.15, -0.1) is 0 Å². The third kappa shape index (κ3) is 2.88. The van der Waals surface area contributed by atoms with Crippen molar-refractivity contribution in [2.45, 2.75) is 31.8 Å². The first-order valence-corrected chi connectivity index (χ1v) is 8.09. The number of carbonyl (C=O) groups excluding carboxylic acids is 1. The number of rotatable bonds is 3. The van der Waals surface area contributed by atoms with Crippen molar-refractivity contribution in [3.63, 3.8) is 0 Å². The molecule has 0 bridgehead atoms. The van der Waals surface area contributed by atoms with Gasteiger partial charge in [-0.25, -0.2) is 9.78 Å². The lowest BCUT2D eigenvalue weighted by molar-refractivity contribution is 0.201. The van der Waals surface area contributed by atoms with Gasteiger partial charge in [0.25, 0.3) is 0 Å². The summed E-state index contributed by atoms with van der Waals surface area (Å²) in [6.07, 6.45) is 8.50. The summed E-state index contributed by atoms with van der Waals surface area (Å²) in [5.74, 6) is 0.933. The number of hydrogen-bond donors (Lipinski definition) is 1. The average molecular weight is 312 g/mol. The molecular weight excluding hydrogens is 292 g/mol. The SMILES string of the molecule is O=C(Nc1ccc2c(c1)CCO2)N1CCC[C@H]1Cn1ccnc1. The molecule has 23 heavy (non-hydrogen) atoms. The van der Waals surface area contributed by atoms with Crippen LogP contribution in [0.15, 0.2) is 36.9 Å². The van der Waals surface area contributed by atoms with Crippen molar-refractivity contribution in [2.24, 2.45) is 0 Å². The Morgan fingerprint density at radius 3 is 3.26 bits per heavy atom. The molecule has 0 unspecified atom stereocenters. The van der Waals surface area contributed by atoms with Crippen LogP contribution >= 0.6 is 0 Å². The summed E-state index contributed by atoms with van der Waals surface area (Å²) in [4.78, 5) is 18.6. The smallest absolute Gasteiger partial charge is 0.322 e. The number of ether oxygens (including phenoxy) is 1. The van der Waals surface area contributed by atoms with Gasteiger partial charge in [0.05, 0.1) is 19.0 Å². The molecule has 6 nitrogen and oxygen atoms in total. The minimum Gasteiger partial charge on any atom is -0.493 e. The standard InChI is InChI=1S/C17H20N4O2/c22-17(19-14-3-4-16-13(10-14)5-9-23-16)21-7-1-2-15(21)11-20-8-6-18-12-20/h3-4,6,8,10,12,15H,1-2,5,7,9,11H2,(H,19,22)/t15-/m0/s1. The molecule has 2 amide bonds. The van der Waals surface area contributed by atoms with E-state index in [0.717, 1.165) is 50.4 Å². The summed E-state index contributed by atoms with van der Waals surface area (Å²) in [6.45, 7) is 2.33. The zero-order chi connectivity index (χ0) is 15.6. The fraction of sp³-hybridized carbons (Fsp3) is 0.412. The Hall–Kier alpha value is -2.50. The van der Waals surface area contributed by atoms with E-state index in [1.54, 1.807) is 12.5 Å². The minimum atomic E-state index is -0.0218. The second-order valence-corrected chi connectivity index (χ2v) is 6.10. The molecule has 0 aliphatic carbocycles. The molecule has 3 heterocycles. The number of imidazole rings is 1. The lowest BCUT2D eigenvalue weighted by Gasteiger charge is -2.25. The predicted molar refractivity (Wildman–Crippen MR) is 86.6 cm³/mol. The fourth-order valence-corrected chi connectivity index (χ4v) is 3.39. The van der Waals surface area contributed by atoms with Crippen LogP contribution in [0.4, 0.5) is 10.5 Å². The number of fused-ring (bicyclic) bond motifs is 1. The van der Waals surface area contributed by atoms with Gasteiger partial charge in [0.15, 0.2) is 0 Å². The highest BCUT2D eigenvalue weighted by molar-refractivity contribution is 5.90. The summed E-state index contributed by atoms with van der Waals surface area (Å²) >= 11 is 0. The van der Waals surface area contributed by atoms with Gasteiger partial charge < -0.3 is 19.5 Å². The van der Waals surface area contributed by atoms with Gasteiger partial charge in [0.2, 0.25) is 0 Å². The van der Waals surface area contributed by atoms with E-state index in [-0.39, 0.29) is 12.1 Å². The number of amides is 2. The summed E-state index contributed by atoms with van der Waals surface area (Å²) in [5.41, 5.74) is 2.01. The van der Waals surface area contributed by atoms with Gasteiger partial charge in [-0.2, -0.15) is 0 Å². The molecule has 1 aromatic heterocycles. The highest BCUT2D eigenvalue weighted by Gasteiger charge is 2.29. The average Bonchev–Trinajstić information content (AvgIpc) is 3.28. The maximum atomic E-state index is 12.6. The monoisotopic (exact) mass is 312 g/mol. The summed E-state index contributed by atoms with van der Waals surface area (Å²) < 4.78 is 7.53. The van der Waals surface area contributed by atoms with Crippen molar-refractivity contribution < 1.29 is 9.53 Å². The second-order valence-electron chi connectivity index (χ2n) is 6.10. The molecule has 2 aliphatic rings. The molecule has 2 aliphatic heterocycles. The third-order valence-corrected chi connectivity index (χ3v) is 4.56. The molecule has 0 spiro atoms. The first kappa shape index (κ1) is 14.1. The largest absolute Gasteiger partial charge is 0.493 e. The van der Waals surface area contributed by atoms with Crippen LogP contribution < -0.4 is 10.1 Å². The first-order chi connectivity index (χ1) is 11.3. The van der Waals surface area contributed by atoms with Crippen molar-refractivity contribution >= 4 is 11.7 Å². The number of hydrogen-bond acceptors (Lipinski definition) is 3. The lowest BCUT2D eigenvalue weighted by atomic mass is 10.1. The van der Waals surface area contributed by atoms with E-state index in [1.807, 2.05) is 33.9 Å². The number of carbonyl (C=O) groups is 1. The molecule has 1 N–H and O–H groups in total. The van der Waals surface area contributed by atoms with Crippen LogP contribution in [0.25, 0.3) is 0 Å². The van der Waals surface area contributed by atoms with Crippen LogP contribution in [0, 0.1) is 0 Å². The van der Waals surface area contributed by atoms with Crippen molar-refractivity contribution in [3.05, 3.63) is 42.5 Å². The summed E-state index contributed by atoms with van der Waals surface area (Å²) in [7, 11) is 0. The number of likely N-dealkylation sites (tertiary alicyclic amines) is 1. The quantitative estimate of drug-likeness (QED) is 0.947. The van der Waals surface area contributed by atoms with Crippen LogP contribution in [-0.2, 0) is 13.0 Å². The van der Waals surface area contributed by atoms with Crippen molar-refractivity contribution in [1.29, 1.82) is 0 Å². The zero-order valence-electron chi connectivity index (χ0n) is 12.9. The molecule has 1 aromatic carbocycles. The van der Waals surface area contributed by atoms with Gasteiger partial charge in [-0.05, 0) is 36.6 Å². The topological polar surface area (TPSA) is 59.4 Å². The summed E-state index contributed by atoms with van der Waals surface area (Å²) in [6, 6.07) is 6.06. The van der Waals surface area contributed by atoms with E-state index in [1.165, 1.54) is 5.56 Å². The number of urea groups is 1. The van der Waals surface area contributed by atoms with Crippen LogP contribution in [0.1, 0.15) is 18.4 Å². The zero-order valence-corrected chi connectivity index (χ0v) is 12.9. The Morgan fingerprint density at radius 2 is 2.39 bits per heavy atom.